The Morgan fingerprint density at radius 2 is 1.96 bits per heavy atom. The van der Waals surface area contributed by atoms with Gasteiger partial charge < -0.3 is 10.2 Å². The zero-order valence-corrected chi connectivity index (χ0v) is 13.7. The molecule has 0 aliphatic rings. The maximum atomic E-state index is 12.3. The third kappa shape index (κ3) is 3.78. The summed E-state index contributed by atoms with van der Waals surface area (Å²) in [6, 6.07) is 9.85. The highest BCUT2D eigenvalue weighted by molar-refractivity contribution is 6.34. The topological polar surface area (TPSA) is 75.5 Å². The number of amides is 1. The van der Waals surface area contributed by atoms with E-state index in [9.17, 15) is 14.9 Å². The third-order valence-corrected chi connectivity index (χ3v) is 3.58. The van der Waals surface area contributed by atoms with Crippen molar-refractivity contribution in [1.29, 1.82) is 0 Å². The van der Waals surface area contributed by atoms with Crippen LogP contribution in [-0.4, -0.2) is 24.9 Å². The maximum Gasteiger partial charge on any atom is 0.294 e. The number of nitrogens with zero attached hydrogens (tertiary/aromatic N) is 2. The Kier molecular flexibility index (Phi) is 4.86. The van der Waals surface area contributed by atoms with E-state index in [1.165, 1.54) is 12.1 Å². The molecule has 0 saturated heterocycles. The van der Waals surface area contributed by atoms with Crippen LogP contribution in [0.2, 0.25) is 5.02 Å². The van der Waals surface area contributed by atoms with E-state index < -0.39 is 4.92 Å². The number of nitro benzene ring substituents is 1. The number of nitrogens with one attached hydrogen (secondary N) is 1. The van der Waals surface area contributed by atoms with E-state index >= 15 is 0 Å². The molecule has 0 fully saturated rings. The summed E-state index contributed by atoms with van der Waals surface area (Å²) in [5.41, 5.74) is 2.02. The van der Waals surface area contributed by atoms with Crippen LogP contribution >= 0.6 is 11.6 Å². The Bertz CT molecular complexity index is 775. The van der Waals surface area contributed by atoms with Gasteiger partial charge in [0.15, 0.2) is 0 Å². The second-order valence-electron chi connectivity index (χ2n) is 5.30. The number of aryl methyl sites for hydroxylation is 1. The smallest absolute Gasteiger partial charge is 0.294 e. The van der Waals surface area contributed by atoms with Crippen molar-refractivity contribution in [1.82, 2.24) is 0 Å². The molecule has 2 rings (SSSR count). The van der Waals surface area contributed by atoms with Gasteiger partial charge >= 0.3 is 0 Å². The van der Waals surface area contributed by atoms with Crippen molar-refractivity contribution < 1.29 is 9.72 Å². The van der Waals surface area contributed by atoms with Crippen molar-refractivity contribution in [2.75, 3.05) is 24.3 Å². The molecule has 2 aromatic carbocycles. The molecule has 0 atom stereocenters. The third-order valence-electron chi connectivity index (χ3n) is 3.27. The second-order valence-corrected chi connectivity index (χ2v) is 5.70. The van der Waals surface area contributed by atoms with Crippen molar-refractivity contribution in [3.8, 4) is 0 Å². The van der Waals surface area contributed by atoms with Gasteiger partial charge in [0, 0.05) is 25.7 Å². The van der Waals surface area contributed by atoms with E-state index in [0.717, 1.165) is 5.56 Å². The standard InChI is InChI=1S/C16H16ClN3O3/c1-10-5-4-6-11(7-10)16(21)18-13-9-14(19(2)3)15(20(22)23)8-12(13)17/h4-9H,1-3H3,(H,18,21). The van der Waals surface area contributed by atoms with Gasteiger partial charge in [-0.25, -0.2) is 0 Å². The number of benzene rings is 2. The lowest BCUT2D eigenvalue weighted by molar-refractivity contribution is -0.384. The zero-order chi connectivity index (χ0) is 17.1. The molecule has 0 heterocycles. The Morgan fingerprint density at radius 3 is 2.52 bits per heavy atom. The van der Waals surface area contributed by atoms with Crippen molar-refractivity contribution in [3.05, 3.63) is 62.7 Å². The van der Waals surface area contributed by atoms with Gasteiger partial charge in [-0.05, 0) is 25.1 Å². The van der Waals surface area contributed by atoms with E-state index in [-0.39, 0.29) is 16.6 Å². The van der Waals surface area contributed by atoms with E-state index in [0.29, 0.717) is 16.9 Å². The van der Waals surface area contributed by atoms with Gasteiger partial charge in [-0.2, -0.15) is 0 Å². The number of hydrogen-bond acceptors (Lipinski definition) is 4. The minimum atomic E-state index is -0.507. The summed E-state index contributed by atoms with van der Waals surface area (Å²) in [6.07, 6.45) is 0. The predicted octanol–water partition coefficient (Wildman–Crippen LogP) is 3.87. The Labute approximate surface area is 138 Å². The first-order chi connectivity index (χ1) is 10.8. The number of hydrogen-bond donors (Lipinski definition) is 1. The van der Waals surface area contributed by atoms with Crippen molar-refractivity contribution in [2.24, 2.45) is 0 Å². The second kappa shape index (κ2) is 6.66. The summed E-state index contributed by atoms with van der Waals surface area (Å²) in [4.78, 5) is 24.5. The van der Waals surface area contributed by atoms with Crippen LogP contribution in [0.25, 0.3) is 0 Å². The van der Waals surface area contributed by atoms with E-state index in [2.05, 4.69) is 5.32 Å². The number of carbonyl (C=O) groups is 1. The molecule has 0 aromatic heterocycles. The Hall–Kier alpha value is -2.60. The average molecular weight is 334 g/mol. The molecule has 0 bridgehead atoms. The molecule has 1 N–H and O–H groups in total. The molecule has 2 aromatic rings. The monoisotopic (exact) mass is 333 g/mol. The van der Waals surface area contributed by atoms with Crippen LogP contribution in [0.15, 0.2) is 36.4 Å². The number of halogens is 1. The number of nitro groups is 1. The first-order valence-corrected chi connectivity index (χ1v) is 7.20. The van der Waals surface area contributed by atoms with Crippen LogP contribution in [0.4, 0.5) is 17.1 Å². The first kappa shape index (κ1) is 16.8. The van der Waals surface area contributed by atoms with Gasteiger partial charge in [0.05, 0.1) is 15.6 Å². The molecule has 0 aliphatic carbocycles. The molecule has 6 nitrogen and oxygen atoms in total. The molecule has 1 amide bonds. The lowest BCUT2D eigenvalue weighted by Gasteiger charge is -2.16. The molecule has 7 heteroatoms. The van der Waals surface area contributed by atoms with Crippen LogP contribution in [0, 0.1) is 17.0 Å². The molecule has 23 heavy (non-hydrogen) atoms. The molecular formula is C16H16ClN3O3. The van der Waals surface area contributed by atoms with Crippen molar-refractivity contribution >= 4 is 34.6 Å². The molecular weight excluding hydrogens is 318 g/mol. The molecule has 0 saturated carbocycles. The highest BCUT2D eigenvalue weighted by atomic mass is 35.5. The number of anilines is 2. The molecule has 0 spiro atoms. The normalized spacial score (nSPS) is 10.3. The Morgan fingerprint density at radius 1 is 1.26 bits per heavy atom. The van der Waals surface area contributed by atoms with Gasteiger partial charge in [-0.15, -0.1) is 0 Å². The Balaban J connectivity index is 2.38. The number of rotatable bonds is 4. The van der Waals surface area contributed by atoms with Crippen LogP contribution in [-0.2, 0) is 0 Å². The zero-order valence-electron chi connectivity index (χ0n) is 13.0. The number of carbonyl (C=O) groups excluding carboxylic acids is 1. The highest BCUT2D eigenvalue weighted by Crippen LogP contribution is 2.35. The molecule has 0 unspecified atom stereocenters. The lowest BCUT2D eigenvalue weighted by Crippen LogP contribution is -2.15. The summed E-state index contributed by atoms with van der Waals surface area (Å²) in [6.45, 7) is 1.89. The van der Waals surface area contributed by atoms with Crippen LogP contribution < -0.4 is 10.2 Å². The van der Waals surface area contributed by atoms with E-state index in [1.54, 1.807) is 37.2 Å². The van der Waals surface area contributed by atoms with Crippen molar-refractivity contribution in [3.63, 3.8) is 0 Å². The largest absolute Gasteiger partial charge is 0.372 e. The molecule has 0 aliphatic heterocycles. The minimum Gasteiger partial charge on any atom is -0.372 e. The van der Waals surface area contributed by atoms with E-state index in [4.69, 9.17) is 11.6 Å². The fourth-order valence-electron chi connectivity index (χ4n) is 2.13. The molecule has 0 radical (unpaired) electrons. The van der Waals surface area contributed by atoms with E-state index in [1.807, 2.05) is 13.0 Å². The highest BCUT2D eigenvalue weighted by Gasteiger charge is 2.20. The summed E-state index contributed by atoms with van der Waals surface area (Å²) in [7, 11) is 3.37. The van der Waals surface area contributed by atoms with Crippen LogP contribution in [0.3, 0.4) is 0 Å². The van der Waals surface area contributed by atoms with Gasteiger partial charge in [0.1, 0.15) is 5.69 Å². The lowest BCUT2D eigenvalue weighted by atomic mass is 10.1. The average Bonchev–Trinajstić information content (AvgIpc) is 2.48. The predicted molar refractivity (Wildman–Crippen MR) is 91.6 cm³/mol. The van der Waals surface area contributed by atoms with Crippen LogP contribution in [0.5, 0.6) is 0 Å². The van der Waals surface area contributed by atoms with Gasteiger partial charge in [0.2, 0.25) is 0 Å². The summed E-state index contributed by atoms with van der Waals surface area (Å²) >= 11 is 6.08. The molecule has 120 valence electrons. The van der Waals surface area contributed by atoms with Crippen LogP contribution in [0.1, 0.15) is 15.9 Å². The fourth-order valence-corrected chi connectivity index (χ4v) is 2.34. The fraction of sp³-hybridized carbons (Fsp3) is 0.188. The SMILES string of the molecule is Cc1cccc(C(=O)Nc2cc(N(C)C)c([N+](=O)[O-])cc2Cl)c1. The summed E-state index contributed by atoms with van der Waals surface area (Å²) in [5.74, 6) is -0.325. The quantitative estimate of drug-likeness (QED) is 0.680. The first-order valence-electron chi connectivity index (χ1n) is 6.83. The van der Waals surface area contributed by atoms with Gasteiger partial charge in [-0.1, -0.05) is 29.3 Å². The van der Waals surface area contributed by atoms with Gasteiger partial charge in [-0.3, -0.25) is 14.9 Å². The van der Waals surface area contributed by atoms with Crippen molar-refractivity contribution in [2.45, 2.75) is 6.92 Å². The maximum absolute atomic E-state index is 12.3. The summed E-state index contributed by atoms with van der Waals surface area (Å²) < 4.78 is 0. The van der Waals surface area contributed by atoms with Gasteiger partial charge in [0.25, 0.3) is 11.6 Å². The minimum absolute atomic E-state index is 0.114. The summed E-state index contributed by atoms with van der Waals surface area (Å²) in [5, 5.41) is 13.9.